The number of carbonyl (C=O) groups excluding carboxylic acids is 2. The molecule has 3 amide bonds. The summed E-state index contributed by atoms with van der Waals surface area (Å²) in [4.78, 5) is 28.5. The van der Waals surface area contributed by atoms with E-state index in [1.165, 1.54) is 5.69 Å². The van der Waals surface area contributed by atoms with Gasteiger partial charge >= 0.3 is 6.03 Å². The van der Waals surface area contributed by atoms with Gasteiger partial charge in [0.15, 0.2) is 0 Å². The van der Waals surface area contributed by atoms with Crippen LogP contribution in [0.15, 0.2) is 48.5 Å². The lowest BCUT2D eigenvalue weighted by atomic mass is 10.2. The van der Waals surface area contributed by atoms with Gasteiger partial charge in [-0.2, -0.15) is 0 Å². The normalized spacial score (nSPS) is 14.0. The van der Waals surface area contributed by atoms with Gasteiger partial charge in [-0.1, -0.05) is 35.9 Å². The number of nitrogens with one attached hydrogen (secondary N) is 2. The predicted octanol–water partition coefficient (Wildman–Crippen LogP) is 3.12. The first-order chi connectivity index (χ1) is 13.0. The van der Waals surface area contributed by atoms with Gasteiger partial charge in [-0.15, -0.1) is 0 Å². The van der Waals surface area contributed by atoms with Crippen LogP contribution in [0.25, 0.3) is 0 Å². The van der Waals surface area contributed by atoms with E-state index in [-0.39, 0.29) is 12.5 Å². The number of nitrogens with zero attached hydrogens (tertiary/aromatic N) is 2. The van der Waals surface area contributed by atoms with Crippen molar-refractivity contribution >= 4 is 34.9 Å². The van der Waals surface area contributed by atoms with Crippen LogP contribution in [0, 0.1) is 6.92 Å². The standard InChI is InChI=1S/C20H23ClN4O2/c1-15-7-8-16(21)13-18(15)23-20(27)22-14-19(26)25-11-9-24(10-12-25)17-5-3-2-4-6-17/h2-8,13H,9-12,14H2,1H3,(H2,22,23,27). The summed E-state index contributed by atoms with van der Waals surface area (Å²) in [6.45, 7) is 4.70. The number of para-hydroxylation sites is 1. The molecule has 2 aromatic carbocycles. The number of rotatable bonds is 4. The summed E-state index contributed by atoms with van der Waals surface area (Å²) in [6, 6.07) is 15.0. The van der Waals surface area contributed by atoms with Crippen LogP contribution in [-0.2, 0) is 4.79 Å². The van der Waals surface area contributed by atoms with Gasteiger partial charge in [-0.3, -0.25) is 4.79 Å². The third kappa shape index (κ3) is 5.14. The Morgan fingerprint density at radius 3 is 2.44 bits per heavy atom. The lowest BCUT2D eigenvalue weighted by Crippen LogP contribution is -2.51. The van der Waals surface area contributed by atoms with Crippen molar-refractivity contribution < 1.29 is 9.59 Å². The second kappa shape index (κ2) is 8.77. The third-order valence-electron chi connectivity index (χ3n) is 4.60. The fraction of sp³-hybridized carbons (Fsp3) is 0.300. The van der Waals surface area contributed by atoms with E-state index in [0.717, 1.165) is 18.7 Å². The smallest absolute Gasteiger partial charge is 0.319 e. The summed E-state index contributed by atoms with van der Waals surface area (Å²) in [5, 5.41) is 5.89. The molecular formula is C20H23ClN4O2. The number of halogens is 1. The number of benzene rings is 2. The highest BCUT2D eigenvalue weighted by Crippen LogP contribution is 2.20. The van der Waals surface area contributed by atoms with Gasteiger partial charge in [-0.25, -0.2) is 4.79 Å². The number of urea groups is 1. The first-order valence-electron chi connectivity index (χ1n) is 8.92. The summed E-state index contributed by atoms with van der Waals surface area (Å²) in [7, 11) is 0. The highest BCUT2D eigenvalue weighted by atomic mass is 35.5. The minimum atomic E-state index is -0.420. The number of carbonyl (C=O) groups is 2. The summed E-state index contributed by atoms with van der Waals surface area (Å²) in [6.07, 6.45) is 0. The molecule has 27 heavy (non-hydrogen) atoms. The van der Waals surface area contributed by atoms with Gasteiger partial charge in [0.25, 0.3) is 0 Å². The summed E-state index contributed by atoms with van der Waals surface area (Å²) < 4.78 is 0. The van der Waals surface area contributed by atoms with Crippen LogP contribution in [0.5, 0.6) is 0 Å². The fourth-order valence-electron chi connectivity index (χ4n) is 3.02. The zero-order chi connectivity index (χ0) is 19.2. The van der Waals surface area contributed by atoms with Gasteiger partial charge in [-0.05, 0) is 36.8 Å². The summed E-state index contributed by atoms with van der Waals surface area (Å²) in [5.41, 5.74) is 2.70. The quantitative estimate of drug-likeness (QED) is 0.848. The highest BCUT2D eigenvalue weighted by molar-refractivity contribution is 6.31. The molecule has 0 bridgehead atoms. The maximum atomic E-state index is 12.4. The van der Waals surface area contributed by atoms with Gasteiger partial charge < -0.3 is 20.4 Å². The number of piperazine rings is 1. The molecule has 0 unspecified atom stereocenters. The Balaban J connectivity index is 1.44. The van der Waals surface area contributed by atoms with Crippen molar-refractivity contribution in [3.05, 3.63) is 59.1 Å². The van der Waals surface area contributed by atoms with E-state index in [9.17, 15) is 9.59 Å². The predicted molar refractivity (Wildman–Crippen MR) is 108 cm³/mol. The van der Waals surface area contributed by atoms with E-state index in [1.54, 1.807) is 17.0 Å². The second-order valence-electron chi connectivity index (χ2n) is 6.47. The molecule has 2 aromatic rings. The molecule has 1 fully saturated rings. The Kier molecular flexibility index (Phi) is 6.19. The van der Waals surface area contributed by atoms with Crippen molar-refractivity contribution in [2.75, 3.05) is 42.9 Å². The van der Waals surface area contributed by atoms with Crippen LogP contribution < -0.4 is 15.5 Å². The highest BCUT2D eigenvalue weighted by Gasteiger charge is 2.21. The van der Waals surface area contributed by atoms with Crippen LogP contribution in [0.1, 0.15) is 5.56 Å². The van der Waals surface area contributed by atoms with Crippen molar-refractivity contribution in [3.63, 3.8) is 0 Å². The SMILES string of the molecule is Cc1ccc(Cl)cc1NC(=O)NCC(=O)N1CCN(c2ccccc2)CC1. The first kappa shape index (κ1) is 19.0. The monoisotopic (exact) mass is 386 g/mol. The Hall–Kier alpha value is -2.73. The molecule has 1 saturated heterocycles. The topological polar surface area (TPSA) is 64.7 Å². The molecule has 2 N–H and O–H groups in total. The maximum Gasteiger partial charge on any atom is 0.319 e. The lowest BCUT2D eigenvalue weighted by Gasteiger charge is -2.36. The minimum Gasteiger partial charge on any atom is -0.368 e. The first-order valence-corrected chi connectivity index (χ1v) is 9.29. The molecule has 0 radical (unpaired) electrons. The van der Waals surface area contributed by atoms with Gasteiger partial charge in [0.2, 0.25) is 5.91 Å². The third-order valence-corrected chi connectivity index (χ3v) is 4.84. The Bertz CT molecular complexity index is 805. The van der Waals surface area contributed by atoms with Crippen molar-refractivity contribution in [2.24, 2.45) is 0 Å². The van der Waals surface area contributed by atoms with Crippen molar-refractivity contribution in [1.82, 2.24) is 10.2 Å². The van der Waals surface area contributed by atoms with Gasteiger partial charge in [0.05, 0.1) is 6.54 Å². The number of hydrogen-bond donors (Lipinski definition) is 2. The molecule has 0 aliphatic carbocycles. The van der Waals surface area contributed by atoms with Crippen LogP contribution in [0.2, 0.25) is 5.02 Å². The molecule has 1 aliphatic rings. The largest absolute Gasteiger partial charge is 0.368 e. The molecule has 0 atom stereocenters. The average Bonchev–Trinajstić information content (AvgIpc) is 2.70. The van der Waals surface area contributed by atoms with Crippen LogP contribution in [0.3, 0.4) is 0 Å². The molecule has 0 aromatic heterocycles. The Morgan fingerprint density at radius 2 is 1.74 bits per heavy atom. The molecule has 6 nitrogen and oxygen atoms in total. The second-order valence-corrected chi connectivity index (χ2v) is 6.91. The zero-order valence-electron chi connectivity index (χ0n) is 15.2. The molecule has 1 aliphatic heterocycles. The van der Waals surface area contributed by atoms with E-state index in [2.05, 4.69) is 27.7 Å². The Morgan fingerprint density at radius 1 is 1.04 bits per heavy atom. The average molecular weight is 387 g/mol. The van der Waals surface area contributed by atoms with Crippen LogP contribution >= 0.6 is 11.6 Å². The van der Waals surface area contributed by atoms with Crippen molar-refractivity contribution in [2.45, 2.75) is 6.92 Å². The van der Waals surface area contributed by atoms with E-state index in [1.807, 2.05) is 31.2 Å². The lowest BCUT2D eigenvalue weighted by molar-refractivity contribution is -0.130. The molecule has 142 valence electrons. The number of hydrogen-bond acceptors (Lipinski definition) is 3. The van der Waals surface area contributed by atoms with Gasteiger partial charge in [0, 0.05) is 42.6 Å². The Labute approximate surface area is 164 Å². The molecule has 0 spiro atoms. The summed E-state index contributed by atoms with van der Waals surface area (Å²) >= 11 is 5.95. The zero-order valence-corrected chi connectivity index (χ0v) is 16.0. The molecule has 7 heteroatoms. The maximum absolute atomic E-state index is 12.4. The minimum absolute atomic E-state index is 0.0310. The molecule has 0 saturated carbocycles. The van der Waals surface area contributed by atoms with Crippen molar-refractivity contribution in [1.29, 1.82) is 0 Å². The molecular weight excluding hydrogens is 364 g/mol. The van der Waals surface area contributed by atoms with E-state index in [4.69, 9.17) is 11.6 Å². The summed E-state index contributed by atoms with van der Waals surface area (Å²) in [5.74, 6) is -0.0827. The molecule has 1 heterocycles. The number of amides is 3. The van der Waals surface area contributed by atoms with Gasteiger partial charge in [0.1, 0.15) is 0 Å². The van der Waals surface area contributed by atoms with E-state index < -0.39 is 6.03 Å². The van der Waals surface area contributed by atoms with E-state index >= 15 is 0 Å². The molecule has 3 rings (SSSR count). The number of anilines is 2. The fourth-order valence-corrected chi connectivity index (χ4v) is 3.19. The van der Waals surface area contributed by atoms with Crippen molar-refractivity contribution in [3.8, 4) is 0 Å². The van der Waals surface area contributed by atoms with Crippen LogP contribution in [-0.4, -0.2) is 49.6 Å². The van der Waals surface area contributed by atoms with E-state index in [0.29, 0.717) is 23.8 Å². The van der Waals surface area contributed by atoms with Crippen LogP contribution in [0.4, 0.5) is 16.2 Å². The number of aryl methyl sites for hydroxylation is 1.